The Bertz CT molecular complexity index is 1760. The molecular weight excluding hydrogens is 779 g/mol. The third-order valence-corrected chi connectivity index (χ3v) is 11.8. The van der Waals surface area contributed by atoms with Crippen LogP contribution in [-0.4, -0.2) is 101 Å². The number of para-hydroxylation sites is 1. The van der Waals surface area contributed by atoms with Gasteiger partial charge in [0, 0.05) is 36.6 Å². The molecule has 10 atom stereocenters. The normalized spacial score (nSPS) is 28.1. The lowest BCUT2D eigenvalue weighted by Gasteiger charge is -2.38. The summed E-state index contributed by atoms with van der Waals surface area (Å²) in [5.74, 6) is -0.0482. The van der Waals surface area contributed by atoms with Crippen LogP contribution in [0.1, 0.15) is 144 Å². The van der Waals surface area contributed by atoms with E-state index in [9.17, 15) is 24.9 Å². The molecule has 10 unspecified atom stereocenters. The second-order valence-electron chi connectivity index (χ2n) is 16.7. The second kappa shape index (κ2) is 24.7. The molecule has 61 heavy (non-hydrogen) atoms. The molecule has 1 amide bonds. The van der Waals surface area contributed by atoms with Gasteiger partial charge < -0.3 is 48.6 Å². The lowest BCUT2D eigenvalue weighted by molar-refractivity contribution is -0.247. The highest BCUT2D eigenvalue weighted by Gasteiger charge is 2.36. The topological polar surface area (TPSA) is 153 Å². The van der Waals surface area contributed by atoms with Crippen LogP contribution in [0, 0.1) is 0 Å². The Morgan fingerprint density at radius 1 is 0.836 bits per heavy atom. The fourth-order valence-electron chi connectivity index (χ4n) is 8.51. The second-order valence-corrected chi connectivity index (χ2v) is 16.7. The number of phenolic OH excluding ortho intramolecular Hbond substituents is 1. The van der Waals surface area contributed by atoms with E-state index in [2.05, 4.69) is 6.92 Å². The molecule has 0 aliphatic carbocycles. The summed E-state index contributed by atoms with van der Waals surface area (Å²) in [4.78, 5) is 26.4. The van der Waals surface area contributed by atoms with Crippen molar-refractivity contribution >= 4 is 12.2 Å². The van der Waals surface area contributed by atoms with Crippen LogP contribution < -0.4 is 0 Å². The monoisotopic (exact) mass is 847 g/mol. The fraction of sp³-hybridized carbons (Fsp3) is 0.592. The van der Waals surface area contributed by atoms with Crippen molar-refractivity contribution in [1.82, 2.24) is 4.90 Å². The van der Waals surface area contributed by atoms with E-state index in [1.807, 2.05) is 39.0 Å². The van der Waals surface area contributed by atoms with Gasteiger partial charge in [-0.15, -0.1) is 0 Å². The summed E-state index contributed by atoms with van der Waals surface area (Å²) in [6.45, 7) is 8.13. The molecule has 3 N–H and O–H groups in total. The van der Waals surface area contributed by atoms with Gasteiger partial charge in [-0.1, -0.05) is 74.4 Å². The Morgan fingerprint density at radius 2 is 1.48 bits per heavy atom. The zero-order valence-corrected chi connectivity index (χ0v) is 36.7. The molecule has 0 spiro atoms. The summed E-state index contributed by atoms with van der Waals surface area (Å²) in [6.07, 6.45) is 14.3. The molecule has 2 aromatic carbocycles. The molecule has 12 nitrogen and oxygen atoms in total. The van der Waals surface area contributed by atoms with Crippen molar-refractivity contribution in [3.63, 3.8) is 0 Å². The SMILES string of the molecule is C\C=C/C=C(O)\C(=C/C)C1OC(CCCC2CC(C)OC(c3ccccc3O)O2)CC(CC(O)CCCC2CC(CCCC)OC(CN(C)C(=O)c3ccccc3C=O)O2)O1. The molecule has 0 radical (unpaired) electrons. The van der Waals surface area contributed by atoms with Crippen molar-refractivity contribution in [3.8, 4) is 5.75 Å². The summed E-state index contributed by atoms with van der Waals surface area (Å²) < 4.78 is 38.0. The Balaban J connectivity index is 1.16. The van der Waals surface area contributed by atoms with Crippen molar-refractivity contribution in [2.24, 2.45) is 0 Å². The van der Waals surface area contributed by atoms with Crippen molar-refractivity contribution in [1.29, 1.82) is 0 Å². The van der Waals surface area contributed by atoms with Gasteiger partial charge in [0.25, 0.3) is 5.91 Å². The molecule has 3 heterocycles. The zero-order valence-electron chi connectivity index (χ0n) is 36.7. The first-order valence-corrected chi connectivity index (χ1v) is 22.4. The maximum Gasteiger partial charge on any atom is 0.254 e. The summed E-state index contributed by atoms with van der Waals surface area (Å²) >= 11 is 0. The smallest absolute Gasteiger partial charge is 0.254 e. The summed E-state index contributed by atoms with van der Waals surface area (Å²) in [7, 11) is 1.69. The van der Waals surface area contributed by atoms with Crippen LogP contribution in [-0.2, 0) is 28.4 Å². The number of unbranched alkanes of at least 4 members (excludes halogenated alkanes) is 1. The number of carbonyl (C=O) groups is 2. The van der Waals surface area contributed by atoms with Crippen LogP contribution in [0.25, 0.3) is 0 Å². The Morgan fingerprint density at radius 3 is 2.18 bits per heavy atom. The predicted molar refractivity (Wildman–Crippen MR) is 233 cm³/mol. The van der Waals surface area contributed by atoms with E-state index < -0.39 is 25.0 Å². The van der Waals surface area contributed by atoms with Gasteiger partial charge in [0.2, 0.25) is 0 Å². The van der Waals surface area contributed by atoms with Gasteiger partial charge in [0.1, 0.15) is 11.5 Å². The minimum Gasteiger partial charge on any atom is -0.507 e. The average Bonchev–Trinajstić information content (AvgIpc) is 3.24. The molecule has 336 valence electrons. The van der Waals surface area contributed by atoms with Crippen LogP contribution in [0.5, 0.6) is 5.75 Å². The number of ether oxygens (including phenoxy) is 6. The zero-order chi connectivity index (χ0) is 43.7. The first-order chi connectivity index (χ1) is 29.5. The van der Waals surface area contributed by atoms with Crippen molar-refractivity contribution in [2.45, 2.75) is 173 Å². The standard InChI is InChI=1S/C49H69NO11/c1-6-9-19-37-29-38(58-46(57-37)31-50(5)47(55)42-23-12-11-17-34(42)32-51)20-15-18-35(52)28-40-30-39(60-48(61-40)41(8-3)44(53)25-10-7-2)22-16-21-36-27-33(4)56-49(59-36)43-24-13-14-26-45(43)54/h7-8,10-14,17,23-26,32-33,35-40,46,48-49,52-54H,6,9,15-16,18-22,27-31H2,1-5H3/b10-7-,41-8+,44-25+. The summed E-state index contributed by atoms with van der Waals surface area (Å²) in [6, 6.07) is 13.9. The summed E-state index contributed by atoms with van der Waals surface area (Å²) in [5, 5.41) is 32.8. The molecule has 0 aromatic heterocycles. The molecule has 3 saturated heterocycles. The van der Waals surface area contributed by atoms with E-state index in [0.29, 0.717) is 47.8 Å². The minimum atomic E-state index is -0.795. The van der Waals surface area contributed by atoms with Crippen LogP contribution in [0.15, 0.2) is 84.2 Å². The number of nitrogens with zero attached hydrogens (tertiary/aromatic N) is 1. The van der Waals surface area contributed by atoms with Gasteiger partial charge in [-0.25, -0.2) is 0 Å². The first kappa shape index (κ1) is 48.2. The third-order valence-electron chi connectivity index (χ3n) is 11.8. The van der Waals surface area contributed by atoms with Crippen LogP contribution in [0.2, 0.25) is 0 Å². The largest absolute Gasteiger partial charge is 0.507 e. The molecule has 0 bridgehead atoms. The number of aliphatic hydroxyl groups is 2. The predicted octanol–water partition coefficient (Wildman–Crippen LogP) is 9.42. The number of hydrogen-bond donors (Lipinski definition) is 3. The Hall–Kier alpha value is -3.88. The number of likely N-dealkylation sites (N-methyl/N-ethyl adjacent to an activating group) is 1. The number of aromatic hydroxyl groups is 1. The molecule has 2 aromatic rings. The maximum atomic E-state index is 13.3. The van der Waals surface area contributed by atoms with E-state index in [1.54, 1.807) is 66.6 Å². The van der Waals surface area contributed by atoms with E-state index in [-0.39, 0.29) is 60.6 Å². The van der Waals surface area contributed by atoms with Gasteiger partial charge in [-0.2, -0.15) is 0 Å². The lowest BCUT2D eigenvalue weighted by atomic mass is 9.95. The van der Waals surface area contributed by atoms with E-state index >= 15 is 0 Å². The Kier molecular flexibility index (Phi) is 19.5. The minimum absolute atomic E-state index is 0.00286. The summed E-state index contributed by atoms with van der Waals surface area (Å²) in [5.41, 5.74) is 1.85. The van der Waals surface area contributed by atoms with Gasteiger partial charge >= 0.3 is 0 Å². The van der Waals surface area contributed by atoms with Crippen LogP contribution in [0.3, 0.4) is 0 Å². The van der Waals surface area contributed by atoms with Gasteiger partial charge in [-0.3, -0.25) is 9.59 Å². The molecule has 5 rings (SSSR count). The van der Waals surface area contributed by atoms with Gasteiger partial charge in [0.05, 0.1) is 54.8 Å². The molecule has 3 fully saturated rings. The average molecular weight is 848 g/mol. The molecule has 3 aliphatic rings. The number of aliphatic hydroxyl groups excluding tert-OH is 2. The molecule has 12 heteroatoms. The first-order valence-electron chi connectivity index (χ1n) is 22.4. The maximum absolute atomic E-state index is 13.3. The number of rotatable bonds is 21. The number of amides is 1. The van der Waals surface area contributed by atoms with Crippen molar-refractivity contribution in [3.05, 3.63) is 101 Å². The highest BCUT2D eigenvalue weighted by molar-refractivity contribution is 6.01. The molecular formula is C49H69NO11. The highest BCUT2D eigenvalue weighted by Crippen LogP contribution is 2.37. The number of benzene rings is 2. The van der Waals surface area contributed by atoms with E-state index in [1.165, 1.54) is 0 Å². The fourth-order valence-corrected chi connectivity index (χ4v) is 8.51. The van der Waals surface area contributed by atoms with Crippen LogP contribution in [0.4, 0.5) is 0 Å². The van der Waals surface area contributed by atoms with Crippen molar-refractivity contribution < 1.29 is 53.3 Å². The highest BCUT2D eigenvalue weighted by atomic mass is 16.7. The van der Waals surface area contributed by atoms with E-state index in [0.717, 1.165) is 64.2 Å². The van der Waals surface area contributed by atoms with Crippen LogP contribution >= 0.6 is 0 Å². The van der Waals surface area contributed by atoms with Gasteiger partial charge in [0.15, 0.2) is 25.2 Å². The van der Waals surface area contributed by atoms with Gasteiger partial charge in [-0.05, 0) is 96.8 Å². The lowest BCUT2D eigenvalue weighted by Crippen LogP contribution is -2.45. The number of hydrogen-bond acceptors (Lipinski definition) is 11. The number of allylic oxidation sites excluding steroid dienone is 4. The van der Waals surface area contributed by atoms with E-state index in [4.69, 9.17) is 28.4 Å². The Labute approximate surface area is 362 Å². The number of phenols is 1. The molecule has 0 saturated carbocycles. The number of carbonyl (C=O) groups excluding carboxylic acids is 2. The number of aldehydes is 1. The molecule has 3 aliphatic heterocycles. The quantitative estimate of drug-likeness (QED) is 0.0626. The van der Waals surface area contributed by atoms with Crippen molar-refractivity contribution in [2.75, 3.05) is 13.6 Å². The third kappa shape index (κ3) is 14.6.